The van der Waals surface area contributed by atoms with Crippen LogP contribution in [0.15, 0.2) is 54.6 Å². The third-order valence-electron chi connectivity index (χ3n) is 2.66. The lowest BCUT2D eigenvalue weighted by atomic mass is 10.1. The van der Waals surface area contributed by atoms with Crippen molar-refractivity contribution in [2.24, 2.45) is 0 Å². The van der Waals surface area contributed by atoms with Crippen molar-refractivity contribution in [1.82, 2.24) is 0 Å². The van der Waals surface area contributed by atoms with Gasteiger partial charge < -0.3 is 4.74 Å². The van der Waals surface area contributed by atoms with Crippen molar-refractivity contribution in [1.29, 1.82) is 0 Å². The van der Waals surface area contributed by atoms with Crippen molar-refractivity contribution in [3.63, 3.8) is 0 Å². The van der Waals surface area contributed by atoms with Crippen LogP contribution in [0.4, 0.5) is 10.5 Å². The van der Waals surface area contributed by atoms with E-state index in [1.165, 1.54) is 0 Å². The predicted octanol–water partition coefficient (Wildman–Crippen LogP) is 4.65. The number of benzene rings is 2. The van der Waals surface area contributed by atoms with E-state index in [0.29, 0.717) is 10.7 Å². The molecule has 19 heavy (non-hydrogen) atoms. The SMILES string of the molecule is CC(OC(=O)Nc1ccccc1Cl)c1ccccc1. The maximum Gasteiger partial charge on any atom is 0.412 e. The van der Waals surface area contributed by atoms with Gasteiger partial charge in [-0.1, -0.05) is 54.1 Å². The molecule has 4 heteroatoms. The van der Waals surface area contributed by atoms with Gasteiger partial charge in [-0.05, 0) is 24.6 Å². The summed E-state index contributed by atoms with van der Waals surface area (Å²) in [5, 5.41) is 3.10. The molecule has 0 aliphatic heterocycles. The highest BCUT2D eigenvalue weighted by Gasteiger charge is 2.12. The summed E-state index contributed by atoms with van der Waals surface area (Å²) in [6, 6.07) is 16.6. The second kappa shape index (κ2) is 6.25. The number of hydrogen-bond donors (Lipinski definition) is 1. The molecular formula is C15H14ClNO2. The maximum absolute atomic E-state index is 11.8. The summed E-state index contributed by atoms with van der Waals surface area (Å²) in [5.41, 5.74) is 1.48. The average molecular weight is 276 g/mol. The molecule has 0 saturated heterocycles. The second-order valence-corrected chi connectivity index (χ2v) is 4.47. The number of rotatable bonds is 3. The van der Waals surface area contributed by atoms with Crippen LogP contribution in [0.25, 0.3) is 0 Å². The van der Waals surface area contributed by atoms with E-state index in [2.05, 4.69) is 5.32 Å². The van der Waals surface area contributed by atoms with Gasteiger partial charge in [0, 0.05) is 0 Å². The number of anilines is 1. The topological polar surface area (TPSA) is 38.3 Å². The van der Waals surface area contributed by atoms with E-state index in [1.54, 1.807) is 24.3 Å². The lowest BCUT2D eigenvalue weighted by molar-refractivity contribution is 0.121. The van der Waals surface area contributed by atoms with Crippen LogP contribution in [-0.2, 0) is 4.74 Å². The lowest BCUT2D eigenvalue weighted by Crippen LogP contribution is -2.16. The Labute approximate surface area is 117 Å². The molecule has 0 fully saturated rings. The first-order chi connectivity index (χ1) is 9.16. The van der Waals surface area contributed by atoms with E-state index in [4.69, 9.17) is 16.3 Å². The fourth-order valence-electron chi connectivity index (χ4n) is 1.65. The Kier molecular flexibility index (Phi) is 4.42. The van der Waals surface area contributed by atoms with Gasteiger partial charge in [-0.25, -0.2) is 4.79 Å². The van der Waals surface area contributed by atoms with Crippen LogP contribution in [0.2, 0.25) is 5.02 Å². The van der Waals surface area contributed by atoms with Crippen molar-refractivity contribution < 1.29 is 9.53 Å². The highest BCUT2D eigenvalue weighted by Crippen LogP contribution is 2.22. The van der Waals surface area contributed by atoms with E-state index in [-0.39, 0.29) is 6.10 Å². The van der Waals surface area contributed by atoms with Crippen molar-refractivity contribution >= 4 is 23.4 Å². The Balaban J connectivity index is 1.97. The normalized spacial score (nSPS) is 11.7. The zero-order chi connectivity index (χ0) is 13.7. The maximum atomic E-state index is 11.8. The van der Waals surface area contributed by atoms with E-state index in [0.717, 1.165) is 5.56 Å². The highest BCUT2D eigenvalue weighted by molar-refractivity contribution is 6.33. The second-order valence-electron chi connectivity index (χ2n) is 4.06. The average Bonchev–Trinajstić information content (AvgIpc) is 2.42. The van der Waals surface area contributed by atoms with Crippen molar-refractivity contribution in [3.05, 3.63) is 65.2 Å². The Morgan fingerprint density at radius 2 is 1.74 bits per heavy atom. The van der Waals surface area contributed by atoms with Gasteiger partial charge in [0.25, 0.3) is 0 Å². The molecule has 2 rings (SSSR count). The minimum atomic E-state index is -0.524. The molecule has 0 bridgehead atoms. The van der Waals surface area contributed by atoms with Crippen molar-refractivity contribution in [2.45, 2.75) is 13.0 Å². The van der Waals surface area contributed by atoms with Crippen LogP contribution in [0.1, 0.15) is 18.6 Å². The molecule has 3 nitrogen and oxygen atoms in total. The molecule has 0 radical (unpaired) electrons. The Hall–Kier alpha value is -2.00. The number of hydrogen-bond acceptors (Lipinski definition) is 2. The minimum absolute atomic E-state index is 0.316. The monoisotopic (exact) mass is 275 g/mol. The molecule has 1 unspecified atom stereocenters. The van der Waals surface area contributed by atoms with Crippen molar-refractivity contribution in [3.8, 4) is 0 Å². The predicted molar refractivity (Wildman–Crippen MR) is 76.4 cm³/mol. The summed E-state index contributed by atoms with van der Waals surface area (Å²) >= 11 is 5.95. The molecule has 0 saturated carbocycles. The molecule has 0 aromatic heterocycles. The van der Waals surface area contributed by atoms with E-state index in [1.807, 2.05) is 37.3 Å². The Bertz CT molecular complexity index is 557. The summed E-state index contributed by atoms with van der Waals surface area (Å²) in [5.74, 6) is 0. The lowest BCUT2D eigenvalue weighted by Gasteiger charge is -2.14. The quantitative estimate of drug-likeness (QED) is 0.885. The van der Waals surface area contributed by atoms with E-state index < -0.39 is 6.09 Å². The summed E-state index contributed by atoms with van der Waals surface area (Å²) in [4.78, 5) is 11.8. The molecule has 98 valence electrons. The van der Waals surface area contributed by atoms with Gasteiger partial charge in [0.2, 0.25) is 0 Å². The smallest absolute Gasteiger partial charge is 0.412 e. The molecule has 1 N–H and O–H groups in total. The number of halogens is 1. The summed E-state index contributed by atoms with van der Waals surface area (Å²) in [6.45, 7) is 1.82. The molecule has 1 atom stereocenters. The molecule has 2 aromatic carbocycles. The van der Waals surface area contributed by atoms with Crippen LogP contribution >= 0.6 is 11.6 Å². The van der Waals surface area contributed by atoms with E-state index in [9.17, 15) is 4.79 Å². The van der Waals surface area contributed by atoms with Gasteiger partial charge in [-0.15, -0.1) is 0 Å². The summed E-state index contributed by atoms with van der Waals surface area (Å²) in [7, 11) is 0. The van der Waals surface area contributed by atoms with Gasteiger partial charge in [-0.2, -0.15) is 0 Å². The van der Waals surface area contributed by atoms with Crippen LogP contribution < -0.4 is 5.32 Å². The molecule has 0 aliphatic rings. The van der Waals surface area contributed by atoms with Crippen LogP contribution in [0.5, 0.6) is 0 Å². The largest absolute Gasteiger partial charge is 0.441 e. The number of carbonyl (C=O) groups excluding carboxylic acids is 1. The molecule has 0 heterocycles. The molecular weight excluding hydrogens is 262 g/mol. The number of ether oxygens (including phenoxy) is 1. The fraction of sp³-hybridized carbons (Fsp3) is 0.133. The summed E-state index contributed by atoms with van der Waals surface area (Å²) in [6.07, 6.45) is -0.840. The first kappa shape index (κ1) is 13.4. The Morgan fingerprint density at radius 3 is 2.42 bits per heavy atom. The van der Waals surface area contributed by atoms with Crippen LogP contribution in [0, 0.1) is 0 Å². The highest BCUT2D eigenvalue weighted by atomic mass is 35.5. The first-order valence-corrected chi connectivity index (χ1v) is 6.31. The molecule has 0 aliphatic carbocycles. The Morgan fingerprint density at radius 1 is 1.11 bits per heavy atom. The van der Waals surface area contributed by atoms with Gasteiger partial charge in [0.15, 0.2) is 0 Å². The fourth-order valence-corrected chi connectivity index (χ4v) is 1.84. The number of nitrogens with one attached hydrogen (secondary N) is 1. The third kappa shape index (κ3) is 3.73. The van der Waals surface area contributed by atoms with Crippen LogP contribution in [-0.4, -0.2) is 6.09 Å². The van der Waals surface area contributed by atoms with E-state index >= 15 is 0 Å². The molecule has 0 spiro atoms. The zero-order valence-corrected chi connectivity index (χ0v) is 11.2. The number of para-hydroxylation sites is 1. The number of carbonyl (C=O) groups is 1. The molecule has 2 aromatic rings. The zero-order valence-electron chi connectivity index (χ0n) is 10.5. The first-order valence-electron chi connectivity index (χ1n) is 5.94. The van der Waals surface area contributed by atoms with Gasteiger partial charge in [0.05, 0.1) is 10.7 Å². The van der Waals surface area contributed by atoms with Crippen molar-refractivity contribution in [2.75, 3.05) is 5.32 Å². The van der Waals surface area contributed by atoms with Gasteiger partial charge >= 0.3 is 6.09 Å². The summed E-state index contributed by atoms with van der Waals surface area (Å²) < 4.78 is 5.29. The minimum Gasteiger partial charge on any atom is -0.441 e. The van der Waals surface area contributed by atoms with Gasteiger partial charge in [-0.3, -0.25) is 5.32 Å². The van der Waals surface area contributed by atoms with Crippen LogP contribution in [0.3, 0.4) is 0 Å². The molecule has 1 amide bonds. The number of amides is 1. The third-order valence-corrected chi connectivity index (χ3v) is 2.99. The standard InChI is InChI=1S/C15H14ClNO2/c1-11(12-7-3-2-4-8-12)19-15(18)17-14-10-6-5-9-13(14)16/h2-11H,1H3,(H,17,18). The van der Waals surface area contributed by atoms with Gasteiger partial charge in [0.1, 0.15) is 6.10 Å².